The van der Waals surface area contributed by atoms with Gasteiger partial charge in [0.1, 0.15) is 0 Å². The summed E-state index contributed by atoms with van der Waals surface area (Å²) in [5, 5.41) is 7.00. The summed E-state index contributed by atoms with van der Waals surface area (Å²) in [4.78, 5) is 0. The maximum absolute atomic E-state index is 3.54. The van der Waals surface area contributed by atoms with Crippen LogP contribution < -0.4 is 10.6 Å². The van der Waals surface area contributed by atoms with Gasteiger partial charge in [-0.05, 0) is 65.6 Å². The molecule has 1 aliphatic rings. The third kappa shape index (κ3) is 5.27. The van der Waals surface area contributed by atoms with Crippen molar-refractivity contribution in [3.05, 3.63) is 0 Å². The van der Waals surface area contributed by atoms with Crippen LogP contribution in [0.2, 0.25) is 0 Å². The Bertz CT molecular complexity index is 132. The van der Waals surface area contributed by atoms with Crippen molar-refractivity contribution in [2.45, 2.75) is 45.6 Å². The van der Waals surface area contributed by atoms with E-state index in [-0.39, 0.29) is 5.54 Å². The Labute approximate surface area is 82.5 Å². The van der Waals surface area contributed by atoms with Crippen LogP contribution in [0.4, 0.5) is 0 Å². The minimum Gasteiger partial charge on any atom is -0.316 e. The van der Waals surface area contributed by atoms with Gasteiger partial charge in [-0.1, -0.05) is 0 Å². The Balaban J connectivity index is 2.04. The zero-order valence-corrected chi connectivity index (χ0v) is 9.32. The average molecular weight is 184 g/mol. The Morgan fingerprint density at radius 2 is 2.15 bits per heavy atom. The van der Waals surface area contributed by atoms with Gasteiger partial charge in [0.2, 0.25) is 0 Å². The van der Waals surface area contributed by atoms with Gasteiger partial charge in [0, 0.05) is 5.54 Å². The lowest BCUT2D eigenvalue weighted by molar-refractivity contribution is 0.330. The summed E-state index contributed by atoms with van der Waals surface area (Å²) < 4.78 is 0. The quantitative estimate of drug-likeness (QED) is 0.698. The van der Waals surface area contributed by atoms with Crippen molar-refractivity contribution in [3.8, 4) is 0 Å². The summed E-state index contributed by atoms with van der Waals surface area (Å²) in [5.41, 5.74) is 0.280. The van der Waals surface area contributed by atoms with E-state index in [9.17, 15) is 0 Å². The molecule has 1 fully saturated rings. The van der Waals surface area contributed by atoms with E-state index in [1.165, 1.54) is 32.4 Å². The molecule has 1 aliphatic heterocycles. The molecule has 0 aliphatic carbocycles. The van der Waals surface area contributed by atoms with Crippen molar-refractivity contribution in [1.29, 1.82) is 0 Å². The summed E-state index contributed by atoms with van der Waals surface area (Å²) in [5.74, 6) is 0.906. The molecule has 0 aromatic rings. The van der Waals surface area contributed by atoms with Crippen LogP contribution in [-0.2, 0) is 0 Å². The molecule has 0 radical (unpaired) electrons. The van der Waals surface area contributed by atoms with Crippen LogP contribution in [0.25, 0.3) is 0 Å². The highest BCUT2D eigenvalue weighted by molar-refractivity contribution is 4.74. The molecule has 2 nitrogen and oxygen atoms in total. The lowest BCUT2D eigenvalue weighted by Gasteiger charge is -2.25. The molecule has 2 N–H and O–H groups in total. The minimum atomic E-state index is 0.280. The second-order valence-corrected chi connectivity index (χ2v) is 5.18. The molecule has 1 saturated heterocycles. The molecular weight excluding hydrogens is 160 g/mol. The molecule has 0 aromatic carbocycles. The van der Waals surface area contributed by atoms with Crippen LogP contribution in [0.5, 0.6) is 0 Å². The molecule has 1 rings (SSSR count). The molecule has 1 heterocycles. The monoisotopic (exact) mass is 184 g/mol. The summed E-state index contributed by atoms with van der Waals surface area (Å²) >= 11 is 0. The van der Waals surface area contributed by atoms with E-state index in [4.69, 9.17) is 0 Å². The van der Waals surface area contributed by atoms with Gasteiger partial charge in [-0.3, -0.25) is 0 Å². The predicted octanol–water partition coefficient (Wildman–Crippen LogP) is 1.76. The van der Waals surface area contributed by atoms with Crippen molar-refractivity contribution in [2.75, 3.05) is 19.6 Å². The van der Waals surface area contributed by atoms with E-state index in [1.807, 2.05) is 0 Å². The number of hydrogen-bond donors (Lipinski definition) is 2. The van der Waals surface area contributed by atoms with Gasteiger partial charge < -0.3 is 10.6 Å². The third-order valence-electron chi connectivity index (χ3n) is 2.61. The maximum Gasteiger partial charge on any atom is 0.00965 e. The third-order valence-corrected chi connectivity index (χ3v) is 2.61. The standard InChI is InChI=1S/C11H24N2/c1-11(2,3)13-8-6-10-5-4-7-12-9-10/h10,12-13H,4-9H2,1-3H3. The average Bonchev–Trinajstić information content (AvgIpc) is 2.04. The van der Waals surface area contributed by atoms with Crippen LogP contribution in [-0.4, -0.2) is 25.2 Å². The molecule has 0 aromatic heterocycles. The second kappa shape index (κ2) is 4.97. The highest BCUT2D eigenvalue weighted by Crippen LogP contribution is 2.13. The van der Waals surface area contributed by atoms with Gasteiger partial charge in [-0.15, -0.1) is 0 Å². The lowest BCUT2D eigenvalue weighted by atomic mass is 9.96. The molecule has 0 amide bonds. The van der Waals surface area contributed by atoms with E-state index in [0.717, 1.165) is 12.5 Å². The van der Waals surface area contributed by atoms with Crippen molar-refractivity contribution in [1.82, 2.24) is 10.6 Å². The van der Waals surface area contributed by atoms with Gasteiger partial charge in [-0.25, -0.2) is 0 Å². The second-order valence-electron chi connectivity index (χ2n) is 5.18. The molecular formula is C11H24N2. The van der Waals surface area contributed by atoms with Crippen molar-refractivity contribution >= 4 is 0 Å². The van der Waals surface area contributed by atoms with Gasteiger partial charge in [0.05, 0.1) is 0 Å². The Morgan fingerprint density at radius 3 is 2.69 bits per heavy atom. The molecule has 0 bridgehead atoms. The van der Waals surface area contributed by atoms with Gasteiger partial charge in [0.15, 0.2) is 0 Å². The van der Waals surface area contributed by atoms with Crippen molar-refractivity contribution < 1.29 is 0 Å². The van der Waals surface area contributed by atoms with Crippen LogP contribution >= 0.6 is 0 Å². The number of piperidine rings is 1. The summed E-state index contributed by atoms with van der Waals surface area (Å²) in [6, 6.07) is 0. The van der Waals surface area contributed by atoms with E-state index < -0.39 is 0 Å². The van der Waals surface area contributed by atoms with E-state index in [2.05, 4.69) is 31.4 Å². The predicted molar refractivity (Wildman–Crippen MR) is 58.0 cm³/mol. The van der Waals surface area contributed by atoms with Crippen LogP contribution in [0.1, 0.15) is 40.0 Å². The SMILES string of the molecule is CC(C)(C)NCCC1CCCNC1. The fraction of sp³-hybridized carbons (Fsp3) is 1.00. The Morgan fingerprint density at radius 1 is 1.38 bits per heavy atom. The first-order valence-electron chi connectivity index (χ1n) is 5.54. The summed E-state index contributed by atoms with van der Waals surface area (Å²) in [6.45, 7) is 10.3. The smallest absolute Gasteiger partial charge is 0.00965 e. The minimum absolute atomic E-state index is 0.280. The van der Waals surface area contributed by atoms with Crippen molar-refractivity contribution in [2.24, 2.45) is 5.92 Å². The van der Waals surface area contributed by atoms with Crippen molar-refractivity contribution in [3.63, 3.8) is 0 Å². The highest BCUT2D eigenvalue weighted by Gasteiger charge is 2.14. The number of nitrogens with one attached hydrogen (secondary N) is 2. The summed E-state index contributed by atoms with van der Waals surface area (Å²) in [6.07, 6.45) is 4.10. The fourth-order valence-electron chi connectivity index (χ4n) is 1.82. The molecule has 0 saturated carbocycles. The van der Waals surface area contributed by atoms with E-state index in [0.29, 0.717) is 0 Å². The van der Waals surface area contributed by atoms with Crippen LogP contribution in [0, 0.1) is 5.92 Å². The zero-order chi connectivity index (χ0) is 9.73. The molecule has 13 heavy (non-hydrogen) atoms. The maximum atomic E-state index is 3.54. The van der Waals surface area contributed by atoms with Gasteiger partial charge in [0.25, 0.3) is 0 Å². The van der Waals surface area contributed by atoms with Gasteiger partial charge in [-0.2, -0.15) is 0 Å². The normalized spacial score (nSPS) is 24.7. The lowest BCUT2D eigenvalue weighted by Crippen LogP contribution is -2.38. The fourth-order valence-corrected chi connectivity index (χ4v) is 1.82. The van der Waals surface area contributed by atoms with Crippen LogP contribution in [0.15, 0.2) is 0 Å². The first-order chi connectivity index (χ1) is 6.08. The first-order valence-corrected chi connectivity index (χ1v) is 5.54. The number of hydrogen-bond acceptors (Lipinski definition) is 2. The molecule has 0 spiro atoms. The Kier molecular flexibility index (Phi) is 4.20. The first kappa shape index (κ1) is 11.0. The van der Waals surface area contributed by atoms with Gasteiger partial charge >= 0.3 is 0 Å². The highest BCUT2D eigenvalue weighted by atomic mass is 14.9. The van der Waals surface area contributed by atoms with Crippen LogP contribution in [0.3, 0.4) is 0 Å². The molecule has 78 valence electrons. The zero-order valence-electron chi connectivity index (χ0n) is 9.32. The molecule has 1 unspecified atom stereocenters. The number of rotatable bonds is 3. The molecule has 2 heteroatoms. The van der Waals surface area contributed by atoms with E-state index in [1.54, 1.807) is 0 Å². The Hall–Kier alpha value is -0.0800. The summed E-state index contributed by atoms with van der Waals surface area (Å²) in [7, 11) is 0. The molecule has 1 atom stereocenters. The topological polar surface area (TPSA) is 24.1 Å². The largest absolute Gasteiger partial charge is 0.316 e. The van der Waals surface area contributed by atoms with E-state index >= 15 is 0 Å².